The minimum atomic E-state index is 0.0348. The molecule has 2 heteroatoms. The molecule has 2 nitrogen and oxygen atoms in total. The van der Waals surface area contributed by atoms with E-state index in [9.17, 15) is 10.2 Å². The second kappa shape index (κ2) is 7.13. The van der Waals surface area contributed by atoms with Crippen LogP contribution in [0.15, 0.2) is 36.4 Å². The van der Waals surface area contributed by atoms with Gasteiger partial charge in [0.1, 0.15) is 11.5 Å². The van der Waals surface area contributed by atoms with Gasteiger partial charge >= 0.3 is 0 Å². The number of rotatable bonds is 2. The summed E-state index contributed by atoms with van der Waals surface area (Å²) >= 11 is 0. The van der Waals surface area contributed by atoms with Gasteiger partial charge in [0, 0.05) is 5.41 Å². The van der Waals surface area contributed by atoms with Crippen LogP contribution in [0.4, 0.5) is 0 Å². The minimum Gasteiger partial charge on any atom is -0.508 e. The van der Waals surface area contributed by atoms with Crippen molar-refractivity contribution in [1.29, 1.82) is 0 Å². The van der Waals surface area contributed by atoms with Crippen LogP contribution in [-0.2, 0) is 5.41 Å². The van der Waals surface area contributed by atoms with E-state index in [1.54, 1.807) is 0 Å². The van der Waals surface area contributed by atoms with Crippen molar-refractivity contribution in [2.45, 2.75) is 65.2 Å². The smallest absolute Gasteiger partial charge is 0.118 e. The van der Waals surface area contributed by atoms with Crippen molar-refractivity contribution in [2.75, 3.05) is 0 Å². The highest BCUT2D eigenvalue weighted by molar-refractivity contribution is 5.50. The van der Waals surface area contributed by atoms with E-state index in [-0.39, 0.29) is 5.41 Å². The van der Waals surface area contributed by atoms with E-state index < -0.39 is 0 Å². The third kappa shape index (κ3) is 2.68. The van der Waals surface area contributed by atoms with Crippen LogP contribution in [0.2, 0.25) is 0 Å². The highest BCUT2D eigenvalue weighted by atomic mass is 16.3. The highest BCUT2D eigenvalue weighted by Gasteiger charge is 2.61. The summed E-state index contributed by atoms with van der Waals surface area (Å²) in [5.41, 5.74) is 4.67. The normalized spacial score (nSPS) is 29.3. The predicted molar refractivity (Wildman–Crippen MR) is 115 cm³/mol. The number of hydrogen-bond donors (Lipinski definition) is 2. The van der Waals surface area contributed by atoms with Gasteiger partial charge in [0.05, 0.1) is 0 Å². The Morgan fingerprint density at radius 2 is 1.36 bits per heavy atom. The lowest BCUT2D eigenvalue weighted by atomic mass is 9.59. The summed E-state index contributed by atoms with van der Waals surface area (Å²) in [5.74, 6) is 4.06. The average Bonchev–Trinajstić information content (AvgIpc) is 3.40. The molecule has 28 heavy (non-hydrogen) atoms. The summed E-state index contributed by atoms with van der Waals surface area (Å²) in [6.45, 7) is 8.00. The van der Waals surface area contributed by atoms with E-state index in [4.69, 9.17) is 0 Å². The number of fused-ring (bicyclic) bond motifs is 5. The fourth-order valence-corrected chi connectivity index (χ4v) is 6.84. The molecule has 4 atom stereocenters. The molecule has 0 radical (unpaired) electrons. The maximum absolute atomic E-state index is 10.1. The lowest BCUT2D eigenvalue weighted by Gasteiger charge is -2.44. The summed E-state index contributed by atoms with van der Waals surface area (Å²) in [4.78, 5) is 0. The Kier molecular flexibility index (Phi) is 4.93. The number of hydrogen-bond acceptors (Lipinski definition) is 2. The van der Waals surface area contributed by atoms with Crippen molar-refractivity contribution in [1.82, 2.24) is 0 Å². The number of phenols is 2. The molecular weight excluding hydrogens is 344 g/mol. The average molecular weight is 379 g/mol. The van der Waals surface area contributed by atoms with Crippen LogP contribution in [0.1, 0.15) is 68.2 Å². The molecule has 3 saturated carbocycles. The maximum Gasteiger partial charge on any atom is 0.118 e. The number of aryl methyl sites for hydroxylation is 2. The Morgan fingerprint density at radius 3 is 1.89 bits per heavy atom. The zero-order valence-electron chi connectivity index (χ0n) is 17.7. The first-order chi connectivity index (χ1) is 13.5. The maximum atomic E-state index is 10.1. The molecule has 3 fully saturated rings. The Morgan fingerprint density at radius 1 is 0.821 bits per heavy atom. The Bertz CT molecular complexity index is 817. The second-order valence-electron chi connectivity index (χ2n) is 9.04. The van der Waals surface area contributed by atoms with Gasteiger partial charge in [-0.1, -0.05) is 44.5 Å². The standard InChI is InChI=1S/C24H28O2.C2H6/c1-14-10-17(6-8-22(14)25)24(18-7-9-23(26)15(2)11-18)13-16-12-21(24)20-5-3-4-19(16)20;1-2/h6-11,16,19-21,25-26H,3-5,12-13H2,1-2H3;1-2H3. The fourth-order valence-electron chi connectivity index (χ4n) is 6.84. The molecule has 0 aromatic heterocycles. The van der Waals surface area contributed by atoms with Crippen LogP contribution in [0.25, 0.3) is 0 Å². The van der Waals surface area contributed by atoms with Gasteiger partial charge < -0.3 is 10.2 Å². The highest BCUT2D eigenvalue weighted by Crippen LogP contribution is 2.68. The first kappa shape index (κ1) is 19.4. The van der Waals surface area contributed by atoms with Crippen LogP contribution in [0, 0.1) is 37.5 Å². The van der Waals surface area contributed by atoms with E-state index in [0.717, 1.165) is 28.9 Å². The van der Waals surface area contributed by atoms with Gasteiger partial charge in [-0.15, -0.1) is 0 Å². The van der Waals surface area contributed by atoms with Gasteiger partial charge in [-0.3, -0.25) is 0 Å². The van der Waals surface area contributed by atoms with Crippen LogP contribution in [0.5, 0.6) is 11.5 Å². The predicted octanol–water partition coefficient (Wildman–Crippen LogP) is 6.48. The van der Waals surface area contributed by atoms with Gasteiger partial charge in [0.25, 0.3) is 0 Å². The molecule has 2 N–H and O–H groups in total. The quantitative estimate of drug-likeness (QED) is 0.627. The van der Waals surface area contributed by atoms with Crippen molar-refractivity contribution in [3.05, 3.63) is 58.7 Å². The molecule has 0 amide bonds. The zero-order chi connectivity index (χ0) is 20.1. The molecule has 3 aliphatic carbocycles. The van der Waals surface area contributed by atoms with Gasteiger partial charge in [-0.2, -0.15) is 0 Å². The molecule has 0 aliphatic heterocycles. The molecule has 5 rings (SSSR count). The van der Waals surface area contributed by atoms with Crippen molar-refractivity contribution in [2.24, 2.45) is 23.7 Å². The van der Waals surface area contributed by atoms with Crippen molar-refractivity contribution < 1.29 is 10.2 Å². The zero-order valence-corrected chi connectivity index (χ0v) is 17.7. The second-order valence-corrected chi connectivity index (χ2v) is 9.04. The van der Waals surface area contributed by atoms with Crippen LogP contribution < -0.4 is 0 Å². The molecular formula is C26H34O2. The van der Waals surface area contributed by atoms with Gasteiger partial charge in [-0.25, -0.2) is 0 Å². The fraction of sp³-hybridized carbons (Fsp3) is 0.538. The summed E-state index contributed by atoms with van der Waals surface area (Å²) in [7, 11) is 0. The molecule has 2 aromatic rings. The van der Waals surface area contributed by atoms with E-state index in [0.29, 0.717) is 17.4 Å². The Hall–Kier alpha value is -1.96. The van der Waals surface area contributed by atoms with Crippen molar-refractivity contribution in [3.63, 3.8) is 0 Å². The SMILES string of the molecule is CC.Cc1cc(C2(c3ccc(O)c(C)c3)CC3CC2C2CCCC32)ccc1O. The number of phenolic OH excluding ortho intramolecular Hbond substituents is 2. The van der Waals surface area contributed by atoms with Crippen LogP contribution >= 0.6 is 0 Å². The summed E-state index contributed by atoms with van der Waals surface area (Å²) in [6.07, 6.45) is 6.75. The van der Waals surface area contributed by atoms with E-state index in [2.05, 4.69) is 24.3 Å². The molecule has 4 unspecified atom stereocenters. The minimum absolute atomic E-state index is 0.0348. The van der Waals surface area contributed by atoms with Crippen LogP contribution in [-0.4, -0.2) is 10.2 Å². The molecule has 0 spiro atoms. The third-order valence-corrected chi connectivity index (χ3v) is 7.94. The third-order valence-electron chi connectivity index (χ3n) is 7.94. The topological polar surface area (TPSA) is 40.5 Å². The monoisotopic (exact) mass is 378 g/mol. The van der Waals surface area contributed by atoms with E-state index in [1.165, 1.54) is 43.2 Å². The van der Waals surface area contributed by atoms with Crippen molar-refractivity contribution >= 4 is 0 Å². The first-order valence-corrected chi connectivity index (χ1v) is 11.1. The molecule has 0 heterocycles. The summed E-state index contributed by atoms with van der Waals surface area (Å²) in [5, 5.41) is 20.1. The Balaban J connectivity index is 0.000000932. The first-order valence-electron chi connectivity index (χ1n) is 11.1. The van der Waals surface area contributed by atoms with Gasteiger partial charge in [0.15, 0.2) is 0 Å². The number of benzene rings is 2. The summed E-state index contributed by atoms with van der Waals surface area (Å²) in [6, 6.07) is 12.5. The molecule has 3 aliphatic rings. The lowest BCUT2D eigenvalue weighted by molar-refractivity contribution is 0.181. The lowest BCUT2D eigenvalue weighted by Crippen LogP contribution is -2.40. The van der Waals surface area contributed by atoms with E-state index in [1.807, 2.05) is 39.8 Å². The van der Waals surface area contributed by atoms with Crippen molar-refractivity contribution in [3.8, 4) is 11.5 Å². The summed E-state index contributed by atoms with van der Waals surface area (Å²) < 4.78 is 0. The molecule has 0 saturated heterocycles. The molecule has 150 valence electrons. The van der Waals surface area contributed by atoms with Crippen LogP contribution in [0.3, 0.4) is 0 Å². The van der Waals surface area contributed by atoms with Gasteiger partial charge in [-0.05, 0) is 97.6 Å². The molecule has 2 bridgehead atoms. The number of aromatic hydroxyl groups is 2. The largest absolute Gasteiger partial charge is 0.508 e. The Labute approximate surface area is 169 Å². The van der Waals surface area contributed by atoms with E-state index >= 15 is 0 Å². The molecule has 2 aromatic carbocycles. The van der Waals surface area contributed by atoms with Gasteiger partial charge in [0.2, 0.25) is 0 Å².